The molecule has 0 aliphatic carbocycles. The molecule has 2 atom stereocenters. The van der Waals surface area contributed by atoms with Crippen LogP contribution >= 0.6 is 0 Å². The standard InChI is InChI=1S/C32H47N3O4/c1-8-9-13-20-35(30(37)27(21-23(2)3)34-31(38)39-32(5,6)7)28(26-18-16-24(4)17-19-26)29(36)33-22-25-14-11-10-12-15-25/h10-12,14-19,23,27-28H,8-9,13,20-22H2,1-7H3,(H,33,36)(H,34,38). The van der Waals surface area contributed by atoms with Crippen LogP contribution in [0, 0.1) is 12.8 Å². The molecule has 0 fully saturated rings. The van der Waals surface area contributed by atoms with Gasteiger partial charge in [-0.05, 0) is 57.6 Å². The van der Waals surface area contributed by atoms with E-state index in [0.717, 1.165) is 36.0 Å². The first-order valence-electron chi connectivity index (χ1n) is 14.1. The Morgan fingerprint density at radius 3 is 2.15 bits per heavy atom. The Morgan fingerprint density at radius 1 is 0.949 bits per heavy atom. The fourth-order valence-electron chi connectivity index (χ4n) is 4.34. The Balaban J connectivity index is 2.45. The molecular weight excluding hydrogens is 490 g/mol. The van der Waals surface area contributed by atoms with E-state index in [1.165, 1.54) is 0 Å². The lowest BCUT2D eigenvalue weighted by atomic mass is 9.98. The number of carbonyl (C=O) groups excluding carboxylic acids is 3. The van der Waals surface area contributed by atoms with E-state index >= 15 is 0 Å². The van der Waals surface area contributed by atoms with E-state index in [4.69, 9.17) is 4.74 Å². The molecule has 2 N–H and O–H groups in total. The summed E-state index contributed by atoms with van der Waals surface area (Å²) in [6.45, 7) is 14.2. The maximum absolute atomic E-state index is 14.2. The van der Waals surface area contributed by atoms with Gasteiger partial charge < -0.3 is 20.3 Å². The lowest BCUT2D eigenvalue weighted by Gasteiger charge is -2.35. The van der Waals surface area contributed by atoms with E-state index in [-0.39, 0.29) is 17.7 Å². The fraction of sp³-hybridized carbons (Fsp3) is 0.531. The second-order valence-electron chi connectivity index (χ2n) is 11.6. The molecule has 2 unspecified atom stereocenters. The summed E-state index contributed by atoms with van der Waals surface area (Å²) < 4.78 is 5.47. The molecule has 0 aliphatic heterocycles. The normalized spacial score (nSPS) is 12.9. The van der Waals surface area contributed by atoms with Gasteiger partial charge in [-0.3, -0.25) is 9.59 Å². The Kier molecular flexibility index (Phi) is 12.5. The summed E-state index contributed by atoms with van der Waals surface area (Å²) in [5.41, 5.74) is 2.08. The summed E-state index contributed by atoms with van der Waals surface area (Å²) in [5.74, 6) is -0.407. The molecule has 2 aromatic carbocycles. The predicted molar refractivity (Wildman–Crippen MR) is 156 cm³/mol. The first-order chi connectivity index (χ1) is 18.4. The van der Waals surface area contributed by atoms with Gasteiger partial charge in [0.15, 0.2) is 0 Å². The molecule has 214 valence electrons. The number of alkyl carbamates (subject to hydrolysis) is 1. The van der Waals surface area contributed by atoms with Crippen molar-refractivity contribution >= 4 is 17.9 Å². The second kappa shape index (κ2) is 15.3. The topological polar surface area (TPSA) is 87.7 Å². The highest BCUT2D eigenvalue weighted by molar-refractivity contribution is 5.92. The Hall–Kier alpha value is -3.35. The van der Waals surface area contributed by atoms with E-state index in [9.17, 15) is 14.4 Å². The molecule has 0 radical (unpaired) electrons. The van der Waals surface area contributed by atoms with Crippen molar-refractivity contribution in [2.45, 2.75) is 98.4 Å². The van der Waals surface area contributed by atoms with Gasteiger partial charge in [-0.1, -0.05) is 93.8 Å². The minimum atomic E-state index is -0.839. The lowest BCUT2D eigenvalue weighted by Crippen LogP contribution is -2.53. The van der Waals surface area contributed by atoms with Crippen molar-refractivity contribution in [3.63, 3.8) is 0 Å². The van der Waals surface area contributed by atoms with Crippen LogP contribution < -0.4 is 10.6 Å². The van der Waals surface area contributed by atoms with Gasteiger partial charge in [0.05, 0.1) is 0 Å². The van der Waals surface area contributed by atoms with E-state index in [1.54, 1.807) is 25.7 Å². The third-order valence-electron chi connectivity index (χ3n) is 6.24. The van der Waals surface area contributed by atoms with Crippen LogP contribution in [0.5, 0.6) is 0 Å². The summed E-state index contributed by atoms with van der Waals surface area (Å²) >= 11 is 0. The number of ether oxygens (including phenoxy) is 1. The lowest BCUT2D eigenvalue weighted by molar-refractivity contribution is -0.143. The number of benzene rings is 2. The van der Waals surface area contributed by atoms with E-state index in [1.807, 2.05) is 75.4 Å². The van der Waals surface area contributed by atoms with Crippen LogP contribution in [0.3, 0.4) is 0 Å². The predicted octanol–water partition coefficient (Wildman–Crippen LogP) is 6.31. The minimum Gasteiger partial charge on any atom is -0.444 e. The van der Waals surface area contributed by atoms with Crippen molar-refractivity contribution in [3.8, 4) is 0 Å². The maximum Gasteiger partial charge on any atom is 0.408 e. The van der Waals surface area contributed by atoms with Crippen LogP contribution in [0.4, 0.5) is 4.79 Å². The van der Waals surface area contributed by atoms with Crippen molar-refractivity contribution in [2.24, 2.45) is 5.92 Å². The zero-order valence-electron chi connectivity index (χ0n) is 24.8. The molecule has 39 heavy (non-hydrogen) atoms. The van der Waals surface area contributed by atoms with Crippen LogP contribution in [0.25, 0.3) is 0 Å². The molecule has 7 nitrogen and oxygen atoms in total. The number of hydrogen-bond acceptors (Lipinski definition) is 4. The fourth-order valence-corrected chi connectivity index (χ4v) is 4.34. The quantitative estimate of drug-likeness (QED) is 0.293. The third kappa shape index (κ3) is 11.1. The molecular formula is C32H47N3O4. The Labute approximate surface area is 234 Å². The van der Waals surface area contributed by atoms with Crippen molar-refractivity contribution < 1.29 is 19.1 Å². The zero-order chi connectivity index (χ0) is 29.0. The molecule has 3 amide bonds. The highest BCUT2D eigenvalue weighted by Crippen LogP contribution is 2.25. The highest BCUT2D eigenvalue weighted by atomic mass is 16.6. The molecule has 0 spiro atoms. The van der Waals surface area contributed by atoms with Crippen LogP contribution in [-0.2, 0) is 20.9 Å². The van der Waals surface area contributed by atoms with Gasteiger partial charge in [-0.15, -0.1) is 0 Å². The van der Waals surface area contributed by atoms with Gasteiger partial charge in [-0.2, -0.15) is 0 Å². The summed E-state index contributed by atoms with van der Waals surface area (Å²) in [6.07, 6.45) is 2.43. The summed E-state index contributed by atoms with van der Waals surface area (Å²) in [4.78, 5) is 42.4. The highest BCUT2D eigenvalue weighted by Gasteiger charge is 2.36. The first kappa shape index (κ1) is 31.9. The molecule has 0 aromatic heterocycles. The smallest absolute Gasteiger partial charge is 0.408 e. The zero-order valence-corrected chi connectivity index (χ0v) is 24.8. The van der Waals surface area contributed by atoms with Gasteiger partial charge in [0, 0.05) is 13.1 Å². The van der Waals surface area contributed by atoms with Crippen LogP contribution in [0.15, 0.2) is 54.6 Å². The summed E-state index contributed by atoms with van der Waals surface area (Å²) in [5, 5.41) is 5.85. The van der Waals surface area contributed by atoms with Crippen molar-refractivity contribution in [1.29, 1.82) is 0 Å². The van der Waals surface area contributed by atoms with Crippen molar-refractivity contribution in [1.82, 2.24) is 15.5 Å². The third-order valence-corrected chi connectivity index (χ3v) is 6.24. The van der Waals surface area contributed by atoms with E-state index in [0.29, 0.717) is 19.5 Å². The average molecular weight is 538 g/mol. The molecule has 0 bridgehead atoms. The van der Waals surface area contributed by atoms with Crippen LogP contribution in [0.1, 0.15) is 90.0 Å². The first-order valence-corrected chi connectivity index (χ1v) is 14.1. The number of rotatable bonds is 13. The number of amides is 3. The minimum absolute atomic E-state index is 0.135. The van der Waals surface area contributed by atoms with E-state index < -0.39 is 23.8 Å². The monoisotopic (exact) mass is 537 g/mol. The van der Waals surface area contributed by atoms with E-state index in [2.05, 4.69) is 17.6 Å². The second-order valence-corrected chi connectivity index (χ2v) is 11.6. The number of nitrogens with one attached hydrogen (secondary N) is 2. The Bertz CT molecular complexity index is 1050. The van der Waals surface area contributed by atoms with Gasteiger partial charge in [0.25, 0.3) is 0 Å². The summed E-state index contributed by atoms with van der Waals surface area (Å²) in [7, 11) is 0. The van der Waals surface area contributed by atoms with Gasteiger partial charge in [-0.25, -0.2) is 4.79 Å². The molecule has 0 heterocycles. The van der Waals surface area contributed by atoms with Gasteiger partial charge >= 0.3 is 6.09 Å². The number of nitrogens with zero attached hydrogens (tertiary/aromatic N) is 1. The molecule has 0 saturated carbocycles. The molecule has 0 saturated heterocycles. The number of carbonyl (C=O) groups is 3. The molecule has 0 aliphatic rings. The van der Waals surface area contributed by atoms with Gasteiger partial charge in [0.2, 0.25) is 11.8 Å². The number of aryl methyl sites for hydroxylation is 1. The van der Waals surface area contributed by atoms with Crippen molar-refractivity contribution in [3.05, 3.63) is 71.3 Å². The molecule has 7 heteroatoms. The number of hydrogen-bond donors (Lipinski definition) is 2. The molecule has 2 rings (SSSR count). The Morgan fingerprint density at radius 2 is 1.59 bits per heavy atom. The summed E-state index contributed by atoms with van der Waals surface area (Å²) in [6, 6.07) is 15.7. The largest absolute Gasteiger partial charge is 0.444 e. The van der Waals surface area contributed by atoms with Crippen LogP contribution in [0.2, 0.25) is 0 Å². The van der Waals surface area contributed by atoms with Crippen LogP contribution in [-0.4, -0.2) is 41.0 Å². The average Bonchev–Trinajstić information content (AvgIpc) is 2.86. The molecule has 2 aromatic rings. The maximum atomic E-state index is 14.2. The van der Waals surface area contributed by atoms with Crippen molar-refractivity contribution in [2.75, 3.05) is 6.54 Å². The number of unbranched alkanes of at least 4 members (excludes halogenated alkanes) is 2. The van der Waals surface area contributed by atoms with Gasteiger partial charge in [0.1, 0.15) is 17.7 Å². The SMILES string of the molecule is CCCCCN(C(=O)C(CC(C)C)NC(=O)OC(C)(C)C)C(C(=O)NCc1ccccc1)c1ccc(C)cc1.